The Morgan fingerprint density at radius 1 is 1.11 bits per heavy atom. The molecular formula is C24H31N11O. The second-order valence-corrected chi connectivity index (χ2v) is 8.97. The maximum atomic E-state index is 12.7. The number of likely N-dealkylation sites (N-methyl/N-ethyl adjacent to an activating group) is 1. The summed E-state index contributed by atoms with van der Waals surface area (Å²) >= 11 is 0. The Morgan fingerprint density at radius 3 is 2.58 bits per heavy atom. The Labute approximate surface area is 209 Å². The molecule has 12 heteroatoms. The Balaban J connectivity index is 1.32. The molecule has 188 valence electrons. The van der Waals surface area contributed by atoms with E-state index in [4.69, 9.17) is 5.73 Å². The van der Waals surface area contributed by atoms with Crippen molar-refractivity contribution in [1.82, 2.24) is 34.2 Å². The van der Waals surface area contributed by atoms with Crippen LogP contribution in [-0.4, -0.2) is 73.3 Å². The minimum absolute atomic E-state index is 0.0278. The average molecular weight is 490 g/mol. The number of benzene rings is 1. The molecule has 0 bridgehead atoms. The summed E-state index contributed by atoms with van der Waals surface area (Å²) in [7, 11) is 2.15. The number of nitrogens with zero attached hydrogens (tertiary/aromatic N) is 8. The number of imidazole rings is 1. The minimum atomic E-state index is -0.213. The largest absolute Gasteiger partial charge is 0.369 e. The van der Waals surface area contributed by atoms with E-state index in [1.165, 1.54) is 5.69 Å². The van der Waals surface area contributed by atoms with Crippen LogP contribution in [-0.2, 0) is 17.9 Å². The van der Waals surface area contributed by atoms with Crippen LogP contribution in [0.2, 0.25) is 0 Å². The molecule has 0 saturated carbocycles. The first kappa shape index (κ1) is 23.5. The van der Waals surface area contributed by atoms with Crippen molar-refractivity contribution in [1.29, 1.82) is 0 Å². The monoisotopic (exact) mass is 489 g/mol. The molecule has 0 atom stereocenters. The molecular weight excluding hydrogens is 458 g/mol. The minimum Gasteiger partial charge on any atom is -0.369 e. The molecule has 1 fully saturated rings. The van der Waals surface area contributed by atoms with E-state index in [1.807, 2.05) is 32.0 Å². The molecule has 0 unspecified atom stereocenters. The van der Waals surface area contributed by atoms with Crippen LogP contribution >= 0.6 is 0 Å². The number of aryl methyl sites for hydroxylation is 2. The molecule has 0 spiro atoms. The zero-order chi connectivity index (χ0) is 25.2. The fourth-order valence-corrected chi connectivity index (χ4v) is 4.35. The number of rotatable bonds is 7. The highest BCUT2D eigenvalue weighted by atomic mass is 16.2. The lowest BCUT2D eigenvalue weighted by Crippen LogP contribution is -2.44. The number of piperazine rings is 1. The molecule has 0 aliphatic carbocycles. The van der Waals surface area contributed by atoms with Gasteiger partial charge in [-0.2, -0.15) is 15.1 Å². The third-order valence-electron chi connectivity index (χ3n) is 6.26. The molecule has 1 aliphatic heterocycles. The lowest BCUT2D eigenvalue weighted by atomic mass is 10.2. The van der Waals surface area contributed by atoms with Gasteiger partial charge in [0.1, 0.15) is 12.4 Å². The molecule has 4 N–H and O–H groups in total. The van der Waals surface area contributed by atoms with Crippen LogP contribution in [0.1, 0.15) is 12.6 Å². The van der Waals surface area contributed by atoms with Crippen molar-refractivity contribution in [3.8, 4) is 0 Å². The fourth-order valence-electron chi connectivity index (χ4n) is 4.35. The Morgan fingerprint density at radius 2 is 1.86 bits per heavy atom. The van der Waals surface area contributed by atoms with Gasteiger partial charge in [-0.05, 0) is 45.2 Å². The zero-order valence-electron chi connectivity index (χ0n) is 20.8. The standard InChI is InChI=1S/C24H31N11O/c1-4-35-19(13-16(2)31-35)28-20(36)14-34-15-26-21-22(29-24(25)30-23(21)34)27-17-5-7-18(8-6-17)33-11-9-32(3)10-12-33/h5-8,13,15H,4,9-12,14H2,1-3H3,(H,28,36)(H3,25,27,29,30). The van der Waals surface area contributed by atoms with E-state index in [0.29, 0.717) is 29.3 Å². The van der Waals surface area contributed by atoms with Gasteiger partial charge in [0.05, 0.1) is 12.0 Å². The first-order chi connectivity index (χ1) is 17.4. The number of aromatic nitrogens is 6. The van der Waals surface area contributed by atoms with E-state index in [-0.39, 0.29) is 18.4 Å². The lowest BCUT2D eigenvalue weighted by Gasteiger charge is -2.34. The number of fused-ring (bicyclic) bond motifs is 1. The molecule has 1 aromatic carbocycles. The second-order valence-electron chi connectivity index (χ2n) is 8.97. The molecule has 4 heterocycles. The maximum absolute atomic E-state index is 12.7. The van der Waals surface area contributed by atoms with Crippen molar-refractivity contribution in [2.45, 2.75) is 26.9 Å². The van der Waals surface area contributed by atoms with Gasteiger partial charge in [-0.1, -0.05) is 0 Å². The highest BCUT2D eigenvalue weighted by Gasteiger charge is 2.17. The fraction of sp³-hybridized carbons (Fsp3) is 0.375. The molecule has 4 aromatic rings. The number of hydrogen-bond donors (Lipinski definition) is 3. The summed E-state index contributed by atoms with van der Waals surface area (Å²) in [6.45, 7) is 8.68. The van der Waals surface area contributed by atoms with Gasteiger partial charge in [0.15, 0.2) is 17.0 Å². The highest BCUT2D eigenvalue weighted by molar-refractivity contribution is 5.92. The molecule has 1 saturated heterocycles. The van der Waals surface area contributed by atoms with E-state index in [0.717, 1.165) is 37.6 Å². The smallest absolute Gasteiger partial charge is 0.245 e. The summed E-state index contributed by atoms with van der Waals surface area (Å²) in [5.74, 6) is 1.03. The lowest BCUT2D eigenvalue weighted by molar-refractivity contribution is -0.116. The first-order valence-corrected chi connectivity index (χ1v) is 12.0. The highest BCUT2D eigenvalue weighted by Crippen LogP contribution is 2.26. The molecule has 12 nitrogen and oxygen atoms in total. The second kappa shape index (κ2) is 9.82. The van der Waals surface area contributed by atoms with Gasteiger partial charge in [-0.15, -0.1) is 0 Å². The van der Waals surface area contributed by atoms with Gasteiger partial charge >= 0.3 is 0 Å². The van der Waals surface area contributed by atoms with Gasteiger partial charge in [-0.25, -0.2) is 9.67 Å². The number of amides is 1. The van der Waals surface area contributed by atoms with E-state index in [9.17, 15) is 4.79 Å². The molecule has 1 aliphatic rings. The van der Waals surface area contributed by atoms with E-state index >= 15 is 0 Å². The SMILES string of the molecule is CCn1nc(C)cc1NC(=O)Cn1cnc2c(Nc3ccc(N4CCN(C)CC4)cc3)nc(N)nc21. The van der Waals surface area contributed by atoms with Crippen molar-refractivity contribution in [2.75, 3.05) is 54.5 Å². The summed E-state index contributed by atoms with van der Waals surface area (Å²) in [5, 5.41) is 10.6. The third-order valence-corrected chi connectivity index (χ3v) is 6.26. The van der Waals surface area contributed by atoms with Crippen LogP contribution in [0.5, 0.6) is 0 Å². The number of carbonyl (C=O) groups is 1. The summed E-state index contributed by atoms with van der Waals surface area (Å²) in [6, 6.07) is 10.1. The predicted octanol–water partition coefficient (Wildman–Crippen LogP) is 2.07. The number of anilines is 5. The van der Waals surface area contributed by atoms with Crippen LogP contribution in [0.15, 0.2) is 36.7 Å². The summed E-state index contributed by atoms with van der Waals surface area (Å²) in [5.41, 5.74) is 9.92. The van der Waals surface area contributed by atoms with Crippen molar-refractivity contribution in [2.24, 2.45) is 0 Å². The molecule has 3 aromatic heterocycles. The van der Waals surface area contributed by atoms with Gasteiger partial charge in [-0.3, -0.25) is 4.79 Å². The van der Waals surface area contributed by atoms with Gasteiger partial charge in [0, 0.05) is 50.2 Å². The summed E-state index contributed by atoms with van der Waals surface area (Å²) in [6.07, 6.45) is 1.57. The maximum Gasteiger partial charge on any atom is 0.245 e. The Hall–Kier alpha value is -4.19. The Bertz CT molecular complexity index is 1370. The van der Waals surface area contributed by atoms with Crippen molar-refractivity contribution < 1.29 is 4.79 Å². The van der Waals surface area contributed by atoms with Gasteiger partial charge in [0.25, 0.3) is 0 Å². The normalized spacial score (nSPS) is 14.4. The zero-order valence-corrected chi connectivity index (χ0v) is 20.8. The number of nitrogens with one attached hydrogen (secondary N) is 2. The van der Waals surface area contributed by atoms with Gasteiger partial charge < -0.3 is 30.7 Å². The molecule has 36 heavy (non-hydrogen) atoms. The summed E-state index contributed by atoms with van der Waals surface area (Å²) < 4.78 is 3.40. The van der Waals surface area contributed by atoms with Crippen LogP contribution in [0.3, 0.4) is 0 Å². The van der Waals surface area contributed by atoms with Crippen molar-refractivity contribution >= 4 is 46.0 Å². The number of carbonyl (C=O) groups excluding carboxylic acids is 1. The summed E-state index contributed by atoms with van der Waals surface area (Å²) in [4.78, 5) is 30.6. The van der Waals surface area contributed by atoms with Crippen LogP contribution < -0.4 is 21.3 Å². The quantitative estimate of drug-likeness (QED) is 0.356. The number of nitrogen functional groups attached to an aromatic ring is 1. The van der Waals surface area contributed by atoms with Crippen molar-refractivity contribution in [3.63, 3.8) is 0 Å². The predicted molar refractivity (Wildman–Crippen MR) is 140 cm³/mol. The molecule has 0 radical (unpaired) electrons. The first-order valence-electron chi connectivity index (χ1n) is 12.0. The molecule has 5 rings (SSSR count). The third kappa shape index (κ3) is 4.93. The number of nitrogens with two attached hydrogens (primary N) is 1. The topological polar surface area (TPSA) is 135 Å². The van der Waals surface area contributed by atoms with E-state index in [2.05, 4.69) is 59.7 Å². The van der Waals surface area contributed by atoms with Crippen LogP contribution in [0, 0.1) is 6.92 Å². The average Bonchev–Trinajstić information content (AvgIpc) is 3.42. The van der Waals surface area contributed by atoms with Gasteiger partial charge in [0.2, 0.25) is 11.9 Å². The van der Waals surface area contributed by atoms with E-state index < -0.39 is 0 Å². The number of hydrogen-bond acceptors (Lipinski definition) is 9. The van der Waals surface area contributed by atoms with Crippen LogP contribution in [0.25, 0.3) is 11.2 Å². The van der Waals surface area contributed by atoms with Crippen LogP contribution in [0.4, 0.5) is 29.0 Å². The Kier molecular flexibility index (Phi) is 6.42. The van der Waals surface area contributed by atoms with Crippen molar-refractivity contribution in [3.05, 3.63) is 42.4 Å². The molecule has 1 amide bonds. The van der Waals surface area contributed by atoms with E-state index in [1.54, 1.807) is 15.6 Å².